The van der Waals surface area contributed by atoms with E-state index < -0.39 is 17.6 Å². The van der Waals surface area contributed by atoms with Gasteiger partial charge in [-0.3, -0.25) is 10.1 Å². The van der Waals surface area contributed by atoms with Crippen molar-refractivity contribution in [2.24, 2.45) is 0 Å². The van der Waals surface area contributed by atoms with E-state index in [9.17, 15) is 9.59 Å². The molecule has 1 aliphatic heterocycles. The fraction of sp³-hybridized carbons (Fsp3) is 0.286. The van der Waals surface area contributed by atoms with Crippen LogP contribution in [0.1, 0.15) is 37.8 Å². The van der Waals surface area contributed by atoms with Gasteiger partial charge in [0.25, 0.3) is 5.91 Å². The number of rotatable bonds is 11. The number of cyclic esters (lactones) is 1. The first-order chi connectivity index (χ1) is 17.0. The van der Waals surface area contributed by atoms with E-state index in [2.05, 4.69) is 12.2 Å². The fourth-order valence-corrected chi connectivity index (χ4v) is 3.81. The zero-order valence-electron chi connectivity index (χ0n) is 19.9. The second-order valence-electron chi connectivity index (χ2n) is 8.39. The third-order valence-corrected chi connectivity index (χ3v) is 5.70. The van der Waals surface area contributed by atoms with Gasteiger partial charge in [0, 0.05) is 12.0 Å². The molecule has 2 amide bonds. The smallest absolute Gasteiger partial charge is 0.415 e. The number of ether oxygens (including phenoxy) is 4. The first-order valence-corrected chi connectivity index (χ1v) is 11.7. The second-order valence-corrected chi connectivity index (χ2v) is 8.39. The van der Waals surface area contributed by atoms with Crippen molar-refractivity contribution in [3.63, 3.8) is 0 Å². The molecule has 4 rings (SSSR count). The van der Waals surface area contributed by atoms with Gasteiger partial charge in [-0.2, -0.15) is 0 Å². The highest BCUT2D eigenvalue weighted by Gasteiger charge is 2.46. The van der Waals surface area contributed by atoms with E-state index in [1.165, 1.54) is 0 Å². The summed E-state index contributed by atoms with van der Waals surface area (Å²) in [5.74, 6) is 2.63. The quantitative estimate of drug-likeness (QED) is 0.355. The number of amides is 2. The fourth-order valence-electron chi connectivity index (χ4n) is 3.81. The molecular weight excluding hydrogens is 446 g/mol. The first-order valence-electron chi connectivity index (χ1n) is 11.7. The van der Waals surface area contributed by atoms with Crippen molar-refractivity contribution in [2.45, 2.75) is 38.7 Å². The zero-order chi connectivity index (χ0) is 24.7. The lowest BCUT2D eigenvalue weighted by Gasteiger charge is -2.19. The summed E-state index contributed by atoms with van der Waals surface area (Å²) in [7, 11) is 0. The standard InChI is InChI=1S/C28H29NO6/c1-3-8-20-19-24(34-23-9-5-4-6-10-23)15-16-25(20)33-18-7-17-32-22-13-11-21(12-14-22)28(2)26(30)29-27(31)35-28/h4-6,9-16,19H,3,7-8,17-18H2,1-2H3,(H,29,30,31). The highest BCUT2D eigenvalue weighted by Crippen LogP contribution is 2.31. The van der Waals surface area contributed by atoms with Gasteiger partial charge in [0.15, 0.2) is 0 Å². The van der Waals surface area contributed by atoms with Crippen LogP contribution in [0.5, 0.6) is 23.0 Å². The molecule has 182 valence electrons. The van der Waals surface area contributed by atoms with E-state index in [1.807, 2.05) is 48.5 Å². The molecule has 0 saturated carbocycles. The highest BCUT2D eigenvalue weighted by molar-refractivity contribution is 6.03. The van der Waals surface area contributed by atoms with E-state index >= 15 is 0 Å². The predicted molar refractivity (Wildman–Crippen MR) is 131 cm³/mol. The van der Waals surface area contributed by atoms with Gasteiger partial charge in [-0.25, -0.2) is 4.79 Å². The summed E-state index contributed by atoms with van der Waals surface area (Å²) >= 11 is 0. The van der Waals surface area contributed by atoms with Crippen molar-refractivity contribution < 1.29 is 28.5 Å². The van der Waals surface area contributed by atoms with Crippen molar-refractivity contribution in [1.82, 2.24) is 5.32 Å². The summed E-state index contributed by atoms with van der Waals surface area (Å²) in [4.78, 5) is 23.4. The highest BCUT2D eigenvalue weighted by atomic mass is 16.6. The van der Waals surface area contributed by atoms with Crippen LogP contribution in [0.15, 0.2) is 72.8 Å². The molecule has 0 radical (unpaired) electrons. The summed E-state index contributed by atoms with van der Waals surface area (Å²) < 4.78 is 22.9. The van der Waals surface area contributed by atoms with Crippen LogP contribution in [0.25, 0.3) is 0 Å². The van der Waals surface area contributed by atoms with E-state index in [0.29, 0.717) is 30.9 Å². The average molecular weight is 476 g/mol. The normalized spacial score (nSPS) is 17.0. The van der Waals surface area contributed by atoms with Crippen LogP contribution in [-0.2, 0) is 21.6 Å². The molecule has 1 N–H and O–H groups in total. The second kappa shape index (κ2) is 11.0. The Morgan fingerprint density at radius 2 is 1.57 bits per heavy atom. The Kier molecular flexibility index (Phi) is 7.55. The maximum absolute atomic E-state index is 12.0. The molecule has 7 heteroatoms. The minimum absolute atomic E-state index is 0.476. The van der Waals surface area contributed by atoms with Gasteiger partial charge in [0.1, 0.15) is 23.0 Å². The van der Waals surface area contributed by atoms with Crippen LogP contribution in [0.3, 0.4) is 0 Å². The lowest BCUT2D eigenvalue weighted by molar-refractivity contribution is -0.130. The molecule has 0 bridgehead atoms. The molecule has 1 saturated heterocycles. The van der Waals surface area contributed by atoms with Crippen molar-refractivity contribution in [2.75, 3.05) is 13.2 Å². The van der Waals surface area contributed by atoms with Crippen LogP contribution in [-0.4, -0.2) is 25.2 Å². The Morgan fingerprint density at radius 1 is 0.857 bits per heavy atom. The van der Waals surface area contributed by atoms with Gasteiger partial charge < -0.3 is 18.9 Å². The SMILES string of the molecule is CCCc1cc(Oc2ccccc2)ccc1OCCCOc1ccc(C2(C)OC(=O)NC2=O)cc1. The maximum atomic E-state index is 12.0. The molecular formula is C28H29NO6. The van der Waals surface area contributed by atoms with Crippen molar-refractivity contribution in [3.8, 4) is 23.0 Å². The lowest BCUT2D eigenvalue weighted by atomic mass is 9.95. The van der Waals surface area contributed by atoms with Crippen molar-refractivity contribution in [3.05, 3.63) is 83.9 Å². The van der Waals surface area contributed by atoms with Crippen LogP contribution in [0.2, 0.25) is 0 Å². The summed E-state index contributed by atoms with van der Waals surface area (Å²) in [6, 6.07) is 22.6. The third kappa shape index (κ3) is 5.93. The number of para-hydroxylation sites is 1. The Bertz CT molecular complexity index is 1160. The van der Waals surface area contributed by atoms with Crippen LogP contribution >= 0.6 is 0 Å². The molecule has 3 aromatic rings. The molecule has 0 spiro atoms. The number of imide groups is 1. The van der Waals surface area contributed by atoms with Gasteiger partial charge in [0.05, 0.1) is 13.2 Å². The molecule has 1 fully saturated rings. The number of carbonyl (C=O) groups excluding carboxylic acids is 2. The maximum Gasteiger partial charge on any atom is 0.415 e. The predicted octanol–water partition coefficient (Wildman–Crippen LogP) is 5.76. The van der Waals surface area contributed by atoms with E-state index in [4.69, 9.17) is 18.9 Å². The Hall–Kier alpha value is -4.00. The van der Waals surface area contributed by atoms with Gasteiger partial charge in [-0.05, 0) is 61.4 Å². The molecule has 1 heterocycles. The molecule has 35 heavy (non-hydrogen) atoms. The molecule has 3 aromatic carbocycles. The van der Waals surface area contributed by atoms with Gasteiger partial charge in [-0.15, -0.1) is 0 Å². The molecule has 1 unspecified atom stereocenters. The minimum atomic E-state index is -1.32. The van der Waals surface area contributed by atoms with Crippen LogP contribution < -0.4 is 19.5 Å². The zero-order valence-corrected chi connectivity index (χ0v) is 19.9. The van der Waals surface area contributed by atoms with Crippen molar-refractivity contribution >= 4 is 12.0 Å². The van der Waals surface area contributed by atoms with E-state index in [1.54, 1.807) is 31.2 Å². The number of hydrogen-bond donors (Lipinski definition) is 1. The molecule has 1 aliphatic rings. The number of alkyl carbamates (subject to hydrolysis) is 1. The lowest BCUT2D eigenvalue weighted by Crippen LogP contribution is -2.33. The first kappa shape index (κ1) is 24.1. The third-order valence-electron chi connectivity index (χ3n) is 5.70. The molecule has 0 aromatic heterocycles. The monoisotopic (exact) mass is 475 g/mol. The van der Waals surface area contributed by atoms with Gasteiger partial charge in [0.2, 0.25) is 5.60 Å². The topological polar surface area (TPSA) is 83.1 Å². The van der Waals surface area contributed by atoms with Crippen LogP contribution in [0.4, 0.5) is 4.79 Å². The average Bonchev–Trinajstić information content (AvgIpc) is 3.13. The Labute approximate surface area is 205 Å². The van der Waals surface area contributed by atoms with E-state index in [-0.39, 0.29) is 0 Å². The van der Waals surface area contributed by atoms with Gasteiger partial charge in [-0.1, -0.05) is 43.7 Å². The molecule has 7 nitrogen and oxygen atoms in total. The summed E-state index contributed by atoms with van der Waals surface area (Å²) in [6.45, 7) is 4.69. The summed E-state index contributed by atoms with van der Waals surface area (Å²) in [5.41, 5.74) is 0.378. The number of carbonyl (C=O) groups is 2. The Balaban J connectivity index is 1.26. The number of benzene rings is 3. The number of aryl methyl sites for hydroxylation is 1. The van der Waals surface area contributed by atoms with Gasteiger partial charge >= 0.3 is 6.09 Å². The number of nitrogens with one attached hydrogen (secondary N) is 1. The van der Waals surface area contributed by atoms with E-state index in [0.717, 1.165) is 35.7 Å². The molecule has 1 atom stereocenters. The summed E-state index contributed by atoms with van der Waals surface area (Å²) in [5, 5.41) is 2.16. The number of hydrogen-bond acceptors (Lipinski definition) is 6. The van der Waals surface area contributed by atoms with Crippen molar-refractivity contribution in [1.29, 1.82) is 0 Å². The van der Waals surface area contributed by atoms with Crippen LogP contribution in [0, 0.1) is 0 Å². The minimum Gasteiger partial charge on any atom is -0.493 e. The molecule has 0 aliphatic carbocycles. The Morgan fingerprint density at radius 3 is 2.26 bits per heavy atom. The largest absolute Gasteiger partial charge is 0.493 e. The summed E-state index contributed by atoms with van der Waals surface area (Å²) in [6.07, 6.45) is 1.87.